The van der Waals surface area contributed by atoms with E-state index in [1.165, 1.54) is 7.11 Å². The summed E-state index contributed by atoms with van der Waals surface area (Å²) in [6.07, 6.45) is 3.36. The zero-order chi connectivity index (χ0) is 15.8. The summed E-state index contributed by atoms with van der Waals surface area (Å²) in [5.41, 5.74) is 0.974. The molecule has 1 N–H and O–H groups in total. The number of nitrogens with zero attached hydrogens (tertiary/aromatic N) is 1. The Labute approximate surface area is 129 Å². The van der Waals surface area contributed by atoms with Crippen LogP contribution in [0.25, 0.3) is 0 Å². The quantitative estimate of drug-likeness (QED) is 0.844. The minimum absolute atomic E-state index is 0.103. The SMILES string of the molecule is COc1cccc(OCC(=O)NCc2ccncc2)c1OC. The maximum atomic E-state index is 11.8. The summed E-state index contributed by atoms with van der Waals surface area (Å²) in [6.45, 7) is 0.328. The second-order valence-corrected chi connectivity index (χ2v) is 4.41. The second-order valence-electron chi connectivity index (χ2n) is 4.41. The van der Waals surface area contributed by atoms with Crippen LogP contribution in [0.15, 0.2) is 42.7 Å². The Bertz CT molecular complexity index is 617. The van der Waals surface area contributed by atoms with Crippen LogP contribution in [0, 0.1) is 0 Å². The van der Waals surface area contributed by atoms with Gasteiger partial charge in [0.05, 0.1) is 14.2 Å². The van der Waals surface area contributed by atoms with Gasteiger partial charge in [-0.1, -0.05) is 6.07 Å². The van der Waals surface area contributed by atoms with Crippen LogP contribution in [0.2, 0.25) is 0 Å². The van der Waals surface area contributed by atoms with Crippen molar-refractivity contribution in [2.45, 2.75) is 6.54 Å². The second kappa shape index (κ2) is 7.87. The molecule has 22 heavy (non-hydrogen) atoms. The van der Waals surface area contributed by atoms with Gasteiger partial charge in [-0.2, -0.15) is 0 Å². The number of benzene rings is 1. The molecule has 0 atom stereocenters. The number of ether oxygens (including phenoxy) is 3. The number of pyridine rings is 1. The lowest BCUT2D eigenvalue weighted by molar-refractivity contribution is -0.123. The summed E-state index contributed by atoms with van der Waals surface area (Å²) < 4.78 is 15.9. The summed E-state index contributed by atoms with van der Waals surface area (Å²) >= 11 is 0. The van der Waals surface area contributed by atoms with Gasteiger partial charge in [-0.15, -0.1) is 0 Å². The van der Waals surface area contributed by atoms with Gasteiger partial charge in [-0.25, -0.2) is 0 Å². The molecule has 0 bridgehead atoms. The summed E-state index contributed by atoms with van der Waals surface area (Å²) in [5.74, 6) is 1.26. The number of carbonyl (C=O) groups excluding carboxylic acids is 1. The molecule has 0 aliphatic heterocycles. The number of amides is 1. The van der Waals surface area contributed by atoms with Crippen LogP contribution in [0.1, 0.15) is 5.56 Å². The molecule has 1 amide bonds. The van der Waals surface area contributed by atoms with Crippen LogP contribution in [0.3, 0.4) is 0 Å². The minimum Gasteiger partial charge on any atom is -0.493 e. The predicted octanol–water partition coefficient (Wildman–Crippen LogP) is 1.79. The molecule has 0 fully saturated rings. The zero-order valence-electron chi connectivity index (χ0n) is 12.5. The van der Waals surface area contributed by atoms with Gasteiger partial charge < -0.3 is 19.5 Å². The van der Waals surface area contributed by atoms with E-state index in [1.807, 2.05) is 12.1 Å². The van der Waals surface area contributed by atoms with Crippen molar-refractivity contribution in [3.8, 4) is 17.2 Å². The summed E-state index contributed by atoms with van der Waals surface area (Å²) in [4.78, 5) is 15.7. The molecule has 0 saturated carbocycles. The Morgan fingerprint density at radius 1 is 1.09 bits per heavy atom. The van der Waals surface area contributed by atoms with E-state index in [4.69, 9.17) is 14.2 Å². The Hall–Kier alpha value is -2.76. The molecule has 1 aromatic heterocycles. The van der Waals surface area contributed by atoms with E-state index in [0.29, 0.717) is 23.8 Å². The highest BCUT2D eigenvalue weighted by molar-refractivity contribution is 5.77. The molecular formula is C16H18N2O4. The zero-order valence-corrected chi connectivity index (χ0v) is 12.5. The van der Waals surface area contributed by atoms with Crippen LogP contribution in [0.5, 0.6) is 17.2 Å². The number of carbonyl (C=O) groups is 1. The highest BCUT2D eigenvalue weighted by Gasteiger charge is 2.12. The average molecular weight is 302 g/mol. The Kier molecular flexibility index (Phi) is 5.59. The molecule has 0 unspecified atom stereocenters. The van der Waals surface area contributed by atoms with Gasteiger partial charge >= 0.3 is 0 Å². The minimum atomic E-state index is -0.221. The number of hydrogen-bond acceptors (Lipinski definition) is 5. The first-order valence-electron chi connectivity index (χ1n) is 6.74. The fourth-order valence-electron chi connectivity index (χ4n) is 1.87. The van der Waals surface area contributed by atoms with Crippen molar-refractivity contribution < 1.29 is 19.0 Å². The van der Waals surface area contributed by atoms with Crippen molar-refractivity contribution in [1.29, 1.82) is 0 Å². The average Bonchev–Trinajstić information content (AvgIpc) is 2.58. The highest BCUT2D eigenvalue weighted by atomic mass is 16.5. The van der Waals surface area contributed by atoms with Gasteiger partial charge in [-0.05, 0) is 29.8 Å². The molecule has 116 valence electrons. The number of para-hydroxylation sites is 1. The molecule has 0 radical (unpaired) electrons. The van der Waals surface area contributed by atoms with E-state index < -0.39 is 0 Å². The van der Waals surface area contributed by atoms with E-state index in [2.05, 4.69) is 10.3 Å². The largest absolute Gasteiger partial charge is 0.493 e. The molecular weight excluding hydrogens is 284 g/mol. The smallest absolute Gasteiger partial charge is 0.258 e. The number of aromatic nitrogens is 1. The van der Waals surface area contributed by atoms with Crippen molar-refractivity contribution >= 4 is 5.91 Å². The van der Waals surface area contributed by atoms with Crippen molar-refractivity contribution in [3.05, 3.63) is 48.3 Å². The number of hydrogen-bond donors (Lipinski definition) is 1. The molecule has 2 aromatic rings. The fraction of sp³-hybridized carbons (Fsp3) is 0.250. The van der Waals surface area contributed by atoms with E-state index in [9.17, 15) is 4.79 Å². The molecule has 0 saturated heterocycles. The molecule has 2 rings (SSSR count). The molecule has 1 aromatic carbocycles. The van der Waals surface area contributed by atoms with Gasteiger partial charge in [0, 0.05) is 18.9 Å². The lowest BCUT2D eigenvalue weighted by atomic mass is 10.3. The van der Waals surface area contributed by atoms with Crippen molar-refractivity contribution in [2.24, 2.45) is 0 Å². The monoisotopic (exact) mass is 302 g/mol. The Balaban J connectivity index is 1.88. The lowest BCUT2D eigenvalue weighted by Gasteiger charge is -2.13. The van der Waals surface area contributed by atoms with E-state index >= 15 is 0 Å². The Morgan fingerprint density at radius 2 is 1.82 bits per heavy atom. The Morgan fingerprint density at radius 3 is 2.50 bits per heavy atom. The maximum absolute atomic E-state index is 11.8. The highest BCUT2D eigenvalue weighted by Crippen LogP contribution is 2.36. The van der Waals surface area contributed by atoms with Gasteiger partial charge in [0.1, 0.15) is 0 Å². The third-order valence-electron chi connectivity index (χ3n) is 2.96. The van der Waals surface area contributed by atoms with Crippen LogP contribution in [-0.4, -0.2) is 31.7 Å². The standard InChI is InChI=1S/C16H18N2O4/c1-20-13-4-3-5-14(16(13)21-2)22-11-15(19)18-10-12-6-8-17-9-7-12/h3-9H,10-11H2,1-2H3,(H,18,19). The van der Waals surface area contributed by atoms with Crippen LogP contribution < -0.4 is 19.5 Å². The summed E-state index contributed by atoms with van der Waals surface area (Å²) in [5, 5.41) is 2.77. The molecule has 6 heteroatoms. The van der Waals surface area contributed by atoms with Gasteiger partial charge in [-0.3, -0.25) is 9.78 Å². The van der Waals surface area contributed by atoms with Gasteiger partial charge in [0.25, 0.3) is 5.91 Å². The van der Waals surface area contributed by atoms with E-state index in [0.717, 1.165) is 5.56 Å². The first-order chi connectivity index (χ1) is 10.7. The van der Waals surface area contributed by atoms with Gasteiger partial charge in [0.2, 0.25) is 5.75 Å². The molecule has 0 aliphatic rings. The maximum Gasteiger partial charge on any atom is 0.258 e. The third kappa shape index (κ3) is 4.12. The normalized spacial score (nSPS) is 9.91. The van der Waals surface area contributed by atoms with Crippen molar-refractivity contribution in [3.63, 3.8) is 0 Å². The van der Waals surface area contributed by atoms with Crippen LogP contribution in [-0.2, 0) is 11.3 Å². The van der Waals surface area contributed by atoms with E-state index in [-0.39, 0.29) is 12.5 Å². The first-order valence-corrected chi connectivity index (χ1v) is 6.74. The summed E-state index contributed by atoms with van der Waals surface area (Å²) in [7, 11) is 3.07. The first kappa shape index (κ1) is 15.6. The number of rotatable bonds is 7. The molecule has 0 spiro atoms. The molecule has 6 nitrogen and oxygen atoms in total. The third-order valence-corrected chi connectivity index (χ3v) is 2.96. The van der Waals surface area contributed by atoms with Gasteiger partial charge in [0.15, 0.2) is 18.1 Å². The topological polar surface area (TPSA) is 69.7 Å². The molecule has 0 aliphatic carbocycles. The van der Waals surface area contributed by atoms with Crippen LogP contribution >= 0.6 is 0 Å². The number of methoxy groups -OCH3 is 2. The van der Waals surface area contributed by atoms with Crippen molar-refractivity contribution in [2.75, 3.05) is 20.8 Å². The van der Waals surface area contributed by atoms with Crippen LogP contribution in [0.4, 0.5) is 0 Å². The summed E-state index contributed by atoms with van der Waals surface area (Å²) in [6, 6.07) is 8.93. The predicted molar refractivity (Wildman–Crippen MR) is 81.1 cm³/mol. The fourth-order valence-corrected chi connectivity index (χ4v) is 1.87. The number of nitrogens with one attached hydrogen (secondary N) is 1. The van der Waals surface area contributed by atoms with Crippen molar-refractivity contribution in [1.82, 2.24) is 10.3 Å². The lowest BCUT2D eigenvalue weighted by Crippen LogP contribution is -2.28. The van der Waals surface area contributed by atoms with E-state index in [1.54, 1.807) is 37.7 Å². The molecule has 1 heterocycles.